The van der Waals surface area contributed by atoms with Crippen LogP contribution >= 0.6 is 0 Å². The fraction of sp³-hybridized carbons (Fsp3) is 0.688. The van der Waals surface area contributed by atoms with Gasteiger partial charge in [0.1, 0.15) is 11.7 Å². The molecular formula is C16H25N3O3. The Morgan fingerprint density at radius 3 is 2.50 bits per heavy atom. The number of hydrogen-bond donors (Lipinski definition) is 0. The number of aryl methyl sites for hydroxylation is 2. The number of ether oxygens (including phenoxy) is 2. The summed E-state index contributed by atoms with van der Waals surface area (Å²) in [4.78, 5) is 22.4. The zero-order valence-corrected chi connectivity index (χ0v) is 14.0. The molecule has 0 bridgehead atoms. The molecule has 0 spiro atoms. The highest BCUT2D eigenvalue weighted by Gasteiger charge is 2.29. The predicted octanol–water partition coefficient (Wildman–Crippen LogP) is 2.87. The minimum Gasteiger partial charge on any atom is -0.458 e. The Bertz CT molecular complexity index is 520. The van der Waals surface area contributed by atoms with Crippen molar-refractivity contribution in [3.8, 4) is 6.01 Å². The number of piperidine rings is 1. The van der Waals surface area contributed by atoms with Gasteiger partial charge in [-0.05, 0) is 53.5 Å². The number of nitrogens with zero attached hydrogens (tertiary/aromatic N) is 3. The molecule has 1 saturated heterocycles. The number of rotatable bonds is 2. The van der Waals surface area contributed by atoms with Crippen molar-refractivity contribution < 1.29 is 14.3 Å². The summed E-state index contributed by atoms with van der Waals surface area (Å²) in [6, 6.07) is 2.29. The molecule has 6 heteroatoms. The topological polar surface area (TPSA) is 64.5 Å². The second kappa shape index (κ2) is 6.50. The standard InChI is InChI=1S/C16H25N3O3/c1-11-9-12(2)18-14(17-11)21-13-7-6-8-19(10-13)15(20)22-16(3,4)5/h9,13H,6-8,10H2,1-5H3. The molecule has 0 aromatic carbocycles. The Hall–Kier alpha value is -1.85. The molecule has 1 fully saturated rings. The molecule has 0 saturated carbocycles. The quantitative estimate of drug-likeness (QED) is 0.840. The van der Waals surface area contributed by atoms with Gasteiger partial charge in [-0.1, -0.05) is 0 Å². The van der Waals surface area contributed by atoms with Crippen molar-refractivity contribution >= 4 is 6.09 Å². The SMILES string of the molecule is Cc1cc(C)nc(OC2CCCN(C(=O)OC(C)(C)C)C2)n1. The second-order valence-corrected chi connectivity index (χ2v) is 6.74. The molecule has 0 N–H and O–H groups in total. The van der Waals surface area contributed by atoms with Gasteiger partial charge < -0.3 is 14.4 Å². The third-order valence-electron chi connectivity index (χ3n) is 3.26. The lowest BCUT2D eigenvalue weighted by atomic mass is 10.1. The van der Waals surface area contributed by atoms with E-state index in [9.17, 15) is 4.79 Å². The number of carbonyl (C=O) groups excluding carboxylic acids is 1. The zero-order chi connectivity index (χ0) is 16.3. The van der Waals surface area contributed by atoms with Gasteiger partial charge in [0.25, 0.3) is 0 Å². The summed E-state index contributed by atoms with van der Waals surface area (Å²) in [6.07, 6.45) is 1.38. The summed E-state index contributed by atoms with van der Waals surface area (Å²) >= 11 is 0. The first-order chi connectivity index (χ1) is 10.2. The first-order valence-electron chi connectivity index (χ1n) is 7.70. The van der Waals surface area contributed by atoms with E-state index in [0.29, 0.717) is 19.1 Å². The molecule has 1 aliphatic heterocycles. The number of carbonyl (C=O) groups is 1. The van der Waals surface area contributed by atoms with Crippen molar-refractivity contribution in [1.82, 2.24) is 14.9 Å². The summed E-state index contributed by atoms with van der Waals surface area (Å²) in [7, 11) is 0. The molecule has 6 nitrogen and oxygen atoms in total. The zero-order valence-electron chi connectivity index (χ0n) is 14.0. The Morgan fingerprint density at radius 2 is 1.91 bits per heavy atom. The van der Waals surface area contributed by atoms with E-state index in [1.165, 1.54) is 0 Å². The smallest absolute Gasteiger partial charge is 0.410 e. The Balaban J connectivity index is 1.97. The van der Waals surface area contributed by atoms with E-state index in [2.05, 4.69) is 9.97 Å². The molecule has 1 aliphatic rings. The van der Waals surface area contributed by atoms with Gasteiger partial charge in [0.05, 0.1) is 6.54 Å². The maximum Gasteiger partial charge on any atom is 0.410 e. The Morgan fingerprint density at radius 1 is 1.27 bits per heavy atom. The van der Waals surface area contributed by atoms with Crippen LogP contribution in [0.15, 0.2) is 6.07 Å². The average molecular weight is 307 g/mol. The molecule has 2 heterocycles. The highest BCUT2D eigenvalue weighted by Crippen LogP contribution is 2.18. The first-order valence-corrected chi connectivity index (χ1v) is 7.70. The van der Waals surface area contributed by atoms with Crippen molar-refractivity contribution in [2.75, 3.05) is 13.1 Å². The van der Waals surface area contributed by atoms with E-state index >= 15 is 0 Å². The fourth-order valence-electron chi connectivity index (χ4n) is 2.42. The van der Waals surface area contributed by atoms with Crippen LogP contribution in [0, 0.1) is 13.8 Å². The summed E-state index contributed by atoms with van der Waals surface area (Å²) in [5.74, 6) is 0. The van der Waals surface area contributed by atoms with Gasteiger partial charge in [-0.3, -0.25) is 0 Å². The van der Waals surface area contributed by atoms with Gasteiger partial charge in [0.2, 0.25) is 0 Å². The molecule has 0 radical (unpaired) electrons. The summed E-state index contributed by atoms with van der Waals surface area (Å²) in [5.41, 5.74) is 1.27. The van der Waals surface area contributed by atoms with Gasteiger partial charge in [-0.25, -0.2) is 14.8 Å². The Labute approximate surface area is 131 Å². The highest BCUT2D eigenvalue weighted by molar-refractivity contribution is 5.68. The first kappa shape index (κ1) is 16.5. The van der Waals surface area contributed by atoms with Crippen LogP contribution in [0.1, 0.15) is 45.0 Å². The minimum absolute atomic E-state index is 0.0949. The summed E-state index contributed by atoms with van der Waals surface area (Å²) < 4.78 is 11.3. The predicted molar refractivity (Wildman–Crippen MR) is 83.0 cm³/mol. The van der Waals surface area contributed by atoms with Gasteiger partial charge >= 0.3 is 12.1 Å². The average Bonchev–Trinajstić information content (AvgIpc) is 2.35. The molecule has 2 rings (SSSR count). The molecule has 0 aliphatic carbocycles. The van der Waals surface area contributed by atoms with Crippen molar-refractivity contribution in [1.29, 1.82) is 0 Å². The van der Waals surface area contributed by atoms with Crippen LogP contribution in [0.3, 0.4) is 0 Å². The van der Waals surface area contributed by atoms with Gasteiger partial charge in [0.15, 0.2) is 0 Å². The number of hydrogen-bond acceptors (Lipinski definition) is 5. The van der Waals surface area contributed by atoms with Gasteiger partial charge in [0, 0.05) is 17.9 Å². The second-order valence-electron chi connectivity index (χ2n) is 6.74. The minimum atomic E-state index is -0.484. The molecule has 1 unspecified atom stereocenters. The van der Waals surface area contributed by atoms with Crippen LogP contribution in [0.4, 0.5) is 4.79 Å². The van der Waals surface area contributed by atoms with E-state index in [-0.39, 0.29) is 12.2 Å². The van der Waals surface area contributed by atoms with Crippen LogP contribution in [0.5, 0.6) is 6.01 Å². The molecule has 122 valence electrons. The van der Waals surface area contributed by atoms with E-state index in [1.807, 2.05) is 40.7 Å². The van der Waals surface area contributed by atoms with E-state index in [0.717, 1.165) is 24.2 Å². The van der Waals surface area contributed by atoms with Gasteiger partial charge in [-0.15, -0.1) is 0 Å². The monoisotopic (exact) mass is 307 g/mol. The lowest BCUT2D eigenvalue weighted by Crippen LogP contribution is -2.46. The molecule has 22 heavy (non-hydrogen) atoms. The van der Waals surface area contributed by atoms with Gasteiger partial charge in [-0.2, -0.15) is 0 Å². The van der Waals surface area contributed by atoms with Crippen LogP contribution in [0.2, 0.25) is 0 Å². The van der Waals surface area contributed by atoms with E-state index in [1.54, 1.807) is 4.90 Å². The third-order valence-corrected chi connectivity index (χ3v) is 3.26. The third kappa shape index (κ3) is 4.86. The van der Waals surface area contributed by atoms with Crippen LogP contribution in [-0.2, 0) is 4.74 Å². The largest absolute Gasteiger partial charge is 0.458 e. The van der Waals surface area contributed by atoms with E-state index in [4.69, 9.17) is 9.47 Å². The van der Waals surface area contributed by atoms with Crippen molar-refractivity contribution in [2.45, 2.75) is 59.2 Å². The normalized spacial score (nSPS) is 19.0. The lowest BCUT2D eigenvalue weighted by Gasteiger charge is -2.33. The lowest BCUT2D eigenvalue weighted by molar-refractivity contribution is 0.00655. The maximum atomic E-state index is 12.1. The van der Waals surface area contributed by atoms with Crippen LogP contribution in [-0.4, -0.2) is 45.8 Å². The molecular weight excluding hydrogens is 282 g/mol. The molecule has 1 aromatic rings. The number of amides is 1. The van der Waals surface area contributed by atoms with Crippen LogP contribution in [0.25, 0.3) is 0 Å². The molecule has 1 amide bonds. The molecule has 1 atom stereocenters. The van der Waals surface area contributed by atoms with Crippen molar-refractivity contribution in [2.24, 2.45) is 0 Å². The van der Waals surface area contributed by atoms with E-state index < -0.39 is 5.60 Å². The van der Waals surface area contributed by atoms with Crippen molar-refractivity contribution in [3.05, 3.63) is 17.5 Å². The molecule has 1 aromatic heterocycles. The maximum absolute atomic E-state index is 12.1. The highest BCUT2D eigenvalue weighted by atomic mass is 16.6. The number of likely N-dealkylation sites (tertiary alicyclic amines) is 1. The van der Waals surface area contributed by atoms with Crippen LogP contribution < -0.4 is 4.74 Å². The fourth-order valence-corrected chi connectivity index (χ4v) is 2.42. The number of aromatic nitrogens is 2. The summed E-state index contributed by atoms with van der Waals surface area (Å²) in [6.45, 7) is 10.6. The van der Waals surface area contributed by atoms with Crippen molar-refractivity contribution in [3.63, 3.8) is 0 Å². The Kier molecular flexibility index (Phi) is 4.88. The summed E-state index contributed by atoms with van der Waals surface area (Å²) in [5, 5.41) is 0.